The number of nitrogens with one attached hydrogen (secondary N) is 2. The Morgan fingerprint density at radius 3 is 2.68 bits per heavy atom. The van der Waals surface area contributed by atoms with E-state index in [1.807, 2.05) is 30.3 Å². The predicted octanol–water partition coefficient (Wildman–Crippen LogP) is 3.49. The zero-order valence-corrected chi connectivity index (χ0v) is 16.0. The van der Waals surface area contributed by atoms with Crippen LogP contribution >= 0.6 is 23.4 Å². The van der Waals surface area contributed by atoms with E-state index in [-0.39, 0.29) is 22.7 Å². The first-order valence-corrected chi connectivity index (χ1v) is 9.68. The Hall–Kier alpha value is -3.10. The number of hydrogen-bond acceptors (Lipinski definition) is 5. The molecule has 2 aromatic heterocycles. The molecular weight excluding hydrogens is 398 g/mol. The molecule has 2 aromatic carbocycles. The number of nitrogens with zero attached hydrogens (tertiary/aromatic N) is 3. The van der Waals surface area contributed by atoms with Gasteiger partial charge in [0.25, 0.3) is 5.56 Å². The lowest BCUT2D eigenvalue weighted by atomic mass is 10.3. The molecular formula is C19H14ClN5O2S. The van der Waals surface area contributed by atoms with Crippen LogP contribution in [0.5, 0.6) is 0 Å². The van der Waals surface area contributed by atoms with Gasteiger partial charge in [0.2, 0.25) is 5.91 Å². The van der Waals surface area contributed by atoms with Crippen molar-refractivity contribution in [2.24, 2.45) is 0 Å². The fraction of sp³-hybridized carbons (Fsp3) is 0.0526. The van der Waals surface area contributed by atoms with E-state index < -0.39 is 0 Å². The number of hydrogen-bond donors (Lipinski definition) is 2. The second-order valence-corrected chi connectivity index (χ2v) is 7.14. The van der Waals surface area contributed by atoms with E-state index in [0.717, 1.165) is 5.69 Å². The van der Waals surface area contributed by atoms with Crippen molar-refractivity contribution in [3.63, 3.8) is 0 Å². The maximum Gasteiger partial charge on any atom is 0.278 e. The minimum Gasteiger partial charge on any atom is -0.324 e. The molecule has 2 N–H and O–H groups in total. The average Bonchev–Trinajstić information content (AvgIpc) is 3.09. The van der Waals surface area contributed by atoms with Gasteiger partial charge < -0.3 is 10.3 Å². The van der Waals surface area contributed by atoms with Crippen molar-refractivity contribution in [1.82, 2.24) is 19.5 Å². The maximum absolute atomic E-state index is 12.4. The molecule has 0 saturated heterocycles. The number of amides is 1. The summed E-state index contributed by atoms with van der Waals surface area (Å²) in [4.78, 5) is 35.7. The molecule has 0 bridgehead atoms. The van der Waals surface area contributed by atoms with Crippen molar-refractivity contribution >= 4 is 46.1 Å². The summed E-state index contributed by atoms with van der Waals surface area (Å²) < 4.78 is 1.76. The SMILES string of the molecule is O=C(CSc1nc2c(=O)[nH]cnc2n1-c1ccccc1)Nc1ccccc1Cl. The number of imidazole rings is 1. The van der Waals surface area contributed by atoms with Crippen LogP contribution < -0.4 is 10.9 Å². The van der Waals surface area contributed by atoms with Crippen LogP contribution in [0, 0.1) is 0 Å². The van der Waals surface area contributed by atoms with E-state index in [1.54, 1.807) is 28.8 Å². The molecule has 2 heterocycles. The summed E-state index contributed by atoms with van der Waals surface area (Å²) in [6, 6.07) is 16.5. The van der Waals surface area contributed by atoms with E-state index in [4.69, 9.17) is 11.6 Å². The highest BCUT2D eigenvalue weighted by molar-refractivity contribution is 7.99. The topological polar surface area (TPSA) is 92.7 Å². The summed E-state index contributed by atoms with van der Waals surface area (Å²) in [5, 5.41) is 3.74. The van der Waals surface area contributed by atoms with Gasteiger partial charge in [-0.1, -0.05) is 53.7 Å². The first kappa shape index (κ1) is 18.3. The van der Waals surface area contributed by atoms with Crippen LogP contribution in [0.2, 0.25) is 5.02 Å². The first-order valence-electron chi connectivity index (χ1n) is 8.32. The van der Waals surface area contributed by atoms with Gasteiger partial charge >= 0.3 is 0 Å². The number of aromatic amines is 1. The van der Waals surface area contributed by atoms with Crippen molar-refractivity contribution in [2.75, 3.05) is 11.1 Å². The predicted molar refractivity (Wildman–Crippen MR) is 110 cm³/mol. The molecule has 0 aliphatic rings. The van der Waals surface area contributed by atoms with Crippen LogP contribution in [0.1, 0.15) is 0 Å². The molecule has 0 radical (unpaired) electrons. The van der Waals surface area contributed by atoms with Gasteiger partial charge in [-0.25, -0.2) is 9.97 Å². The molecule has 9 heteroatoms. The number of aromatic nitrogens is 4. The van der Waals surface area contributed by atoms with Crippen molar-refractivity contribution in [1.29, 1.82) is 0 Å². The lowest BCUT2D eigenvalue weighted by Gasteiger charge is -2.09. The van der Waals surface area contributed by atoms with Crippen LogP contribution in [-0.4, -0.2) is 31.2 Å². The number of fused-ring (bicyclic) bond motifs is 1. The second kappa shape index (κ2) is 7.87. The summed E-state index contributed by atoms with van der Waals surface area (Å²) in [6.45, 7) is 0. The number of benzene rings is 2. The van der Waals surface area contributed by atoms with E-state index in [0.29, 0.717) is 21.5 Å². The summed E-state index contributed by atoms with van der Waals surface area (Å²) in [7, 11) is 0. The lowest BCUT2D eigenvalue weighted by Crippen LogP contribution is -2.14. The minimum atomic E-state index is -0.331. The van der Waals surface area contributed by atoms with Gasteiger partial charge in [0.15, 0.2) is 16.3 Å². The molecule has 0 aliphatic heterocycles. The number of carbonyl (C=O) groups is 1. The monoisotopic (exact) mass is 411 g/mol. The number of halogens is 1. The molecule has 28 heavy (non-hydrogen) atoms. The Labute approximate surface area is 168 Å². The van der Waals surface area contributed by atoms with Crippen molar-refractivity contribution in [2.45, 2.75) is 5.16 Å². The Morgan fingerprint density at radius 1 is 1.14 bits per heavy atom. The third-order valence-corrected chi connectivity index (χ3v) is 5.18. The van der Waals surface area contributed by atoms with Crippen LogP contribution in [0.3, 0.4) is 0 Å². The van der Waals surface area contributed by atoms with Crippen LogP contribution in [0.25, 0.3) is 16.9 Å². The Balaban J connectivity index is 1.63. The molecule has 0 fully saturated rings. The standard InChI is InChI=1S/C19H14ClN5O2S/c20-13-8-4-5-9-14(13)23-15(26)10-28-19-24-16-17(21-11-22-18(16)27)25(19)12-6-2-1-3-7-12/h1-9,11H,10H2,(H,23,26)(H,21,22,27). The smallest absolute Gasteiger partial charge is 0.278 e. The van der Waals surface area contributed by atoms with Gasteiger partial charge in [-0.15, -0.1) is 0 Å². The summed E-state index contributed by atoms with van der Waals surface area (Å²) in [5.74, 6) is -0.133. The van der Waals surface area contributed by atoms with Crippen LogP contribution in [0.4, 0.5) is 5.69 Å². The van der Waals surface area contributed by atoms with Gasteiger partial charge in [0.05, 0.1) is 22.8 Å². The normalized spacial score (nSPS) is 10.9. The Kier molecular flexibility index (Phi) is 5.14. The molecule has 4 aromatic rings. The molecule has 1 amide bonds. The molecule has 0 spiro atoms. The van der Waals surface area contributed by atoms with Crippen molar-refractivity contribution in [3.05, 3.63) is 76.3 Å². The summed E-state index contributed by atoms with van der Waals surface area (Å²) in [5.41, 5.74) is 1.67. The number of para-hydroxylation sites is 2. The van der Waals surface area contributed by atoms with Crippen LogP contribution in [-0.2, 0) is 4.79 Å². The molecule has 0 aliphatic carbocycles. The molecule has 140 valence electrons. The molecule has 0 unspecified atom stereocenters. The van der Waals surface area contributed by atoms with E-state index in [2.05, 4.69) is 20.3 Å². The lowest BCUT2D eigenvalue weighted by molar-refractivity contribution is -0.113. The van der Waals surface area contributed by atoms with Gasteiger partial charge in [0, 0.05) is 5.69 Å². The highest BCUT2D eigenvalue weighted by atomic mass is 35.5. The second-order valence-electron chi connectivity index (χ2n) is 5.79. The fourth-order valence-electron chi connectivity index (χ4n) is 2.67. The van der Waals surface area contributed by atoms with E-state index >= 15 is 0 Å². The highest BCUT2D eigenvalue weighted by Gasteiger charge is 2.17. The largest absolute Gasteiger partial charge is 0.324 e. The molecule has 7 nitrogen and oxygen atoms in total. The summed E-state index contributed by atoms with van der Waals surface area (Å²) >= 11 is 7.29. The quantitative estimate of drug-likeness (QED) is 0.490. The molecule has 0 saturated carbocycles. The van der Waals surface area contributed by atoms with Gasteiger partial charge in [-0.2, -0.15) is 0 Å². The van der Waals surface area contributed by atoms with E-state index in [1.165, 1.54) is 18.1 Å². The Morgan fingerprint density at radius 2 is 1.89 bits per heavy atom. The third kappa shape index (κ3) is 3.64. The number of H-pyrrole nitrogens is 1. The number of carbonyl (C=O) groups excluding carboxylic acids is 1. The van der Waals surface area contributed by atoms with E-state index in [9.17, 15) is 9.59 Å². The molecule has 0 atom stereocenters. The summed E-state index contributed by atoms with van der Waals surface area (Å²) in [6.07, 6.45) is 1.34. The highest BCUT2D eigenvalue weighted by Crippen LogP contribution is 2.26. The zero-order chi connectivity index (χ0) is 19.5. The fourth-order valence-corrected chi connectivity index (χ4v) is 3.66. The third-order valence-electron chi connectivity index (χ3n) is 3.91. The maximum atomic E-state index is 12.4. The van der Waals surface area contributed by atoms with Crippen molar-refractivity contribution < 1.29 is 4.79 Å². The molecule has 4 rings (SSSR count). The van der Waals surface area contributed by atoms with Crippen molar-refractivity contribution in [3.8, 4) is 5.69 Å². The first-order chi connectivity index (χ1) is 13.6. The number of anilines is 1. The van der Waals surface area contributed by atoms with Crippen LogP contribution in [0.15, 0.2) is 70.9 Å². The van der Waals surface area contributed by atoms with Gasteiger partial charge in [-0.3, -0.25) is 14.2 Å². The van der Waals surface area contributed by atoms with Gasteiger partial charge in [0.1, 0.15) is 0 Å². The number of rotatable bonds is 5. The number of thioether (sulfide) groups is 1. The average molecular weight is 412 g/mol. The Bertz CT molecular complexity index is 1210. The van der Waals surface area contributed by atoms with Gasteiger partial charge in [-0.05, 0) is 24.3 Å². The zero-order valence-electron chi connectivity index (χ0n) is 14.4. The minimum absolute atomic E-state index is 0.0965.